The first kappa shape index (κ1) is 16.4. The maximum atomic E-state index is 13.5. The Labute approximate surface area is 134 Å². The molecule has 2 aromatic rings. The summed E-state index contributed by atoms with van der Waals surface area (Å²) < 4.78 is 18.7. The molecule has 0 atom stereocenters. The number of benzene rings is 1. The van der Waals surface area contributed by atoms with Crippen LogP contribution in [0.4, 0.5) is 4.39 Å². The standard InChI is InChI=1S/C16H20FN3OS/c1-2-18-16(20-12-13-6-5-10-21-13)19-9-11-22-15-8-4-3-7-14(15)17/h3-8,10H,2,9,11-12H2,1H3,(H2,18,19,20). The minimum Gasteiger partial charge on any atom is -0.467 e. The molecule has 0 saturated carbocycles. The van der Waals surface area contributed by atoms with Crippen molar-refractivity contribution in [2.75, 3.05) is 18.8 Å². The molecule has 118 valence electrons. The zero-order valence-corrected chi connectivity index (χ0v) is 13.3. The molecule has 1 aromatic heterocycles. The number of furan rings is 1. The summed E-state index contributed by atoms with van der Waals surface area (Å²) in [7, 11) is 0. The van der Waals surface area contributed by atoms with E-state index in [4.69, 9.17) is 4.42 Å². The lowest BCUT2D eigenvalue weighted by Gasteiger charge is -2.11. The number of halogens is 1. The van der Waals surface area contributed by atoms with Gasteiger partial charge in [-0.2, -0.15) is 0 Å². The number of thioether (sulfide) groups is 1. The molecule has 0 fully saturated rings. The summed E-state index contributed by atoms with van der Waals surface area (Å²) >= 11 is 1.48. The van der Waals surface area contributed by atoms with Crippen molar-refractivity contribution in [1.29, 1.82) is 0 Å². The first-order valence-corrected chi connectivity index (χ1v) is 8.20. The summed E-state index contributed by atoms with van der Waals surface area (Å²) in [6.45, 7) is 3.98. The molecule has 0 spiro atoms. The van der Waals surface area contributed by atoms with Gasteiger partial charge in [-0.25, -0.2) is 9.38 Å². The molecular weight excluding hydrogens is 301 g/mol. The molecular formula is C16H20FN3OS. The van der Waals surface area contributed by atoms with E-state index in [0.717, 1.165) is 24.0 Å². The van der Waals surface area contributed by atoms with Gasteiger partial charge in [-0.15, -0.1) is 11.8 Å². The summed E-state index contributed by atoms with van der Waals surface area (Å²) in [5.41, 5.74) is 0. The fourth-order valence-corrected chi connectivity index (χ4v) is 2.60. The van der Waals surface area contributed by atoms with Crippen LogP contribution in [0.5, 0.6) is 0 Å². The number of nitrogens with zero attached hydrogens (tertiary/aromatic N) is 1. The molecule has 1 aromatic carbocycles. The molecule has 0 bridgehead atoms. The molecule has 0 saturated heterocycles. The van der Waals surface area contributed by atoms with Crippen LogP contribution in [0, 0.1) is 5.82 Å². The predicted molar refractivity (Wildman–Crippen MR) is 88.7 cm³/mol. The normalized spacial score (nSPS) is 11.5. The molecule has 2 N–H and O–H groups in total. The maximum Gasteiger partial charge on any atom is 0.191 e. The van der Waals surface area contributed by atoms with E-state index in [0.29, 0.717) is 18.0 Å². The molecule has 1 heterocycles. The summed E-state index contributed by atoms with van der Waals surface area (Å²) in [5.74, 6) is 2.13. The molecule has 0 amide bonds. The predicted octanol–water partition coefficient (Wildman–Crippen LogP) is 3.27. The van der Waals surface area contributed by atoms with Gasteiger partial charge in [0.2, 0.25) is 0 Å². The fraction of sp³-hybridized carbons (Fsp3) is 0.312. The Morgan fingerprint density at radius 1 is 1.23 bits per heavy atom. The minimum absolute atomic E-state index is 0.175. The zero-order valence-electron chi connectivity index (χ0n) is 12.5. The van der Waals surface area contributed by atoms with Crippen LogP contribution >= 0.6 is 11.8 Å². The highest BCUT2D eigenvalue weighted by Gasteiger charge is 2.02. The largest absolute Gasteiger partial charge is 0.467 e. The molecule has 22 heavy (non-hydrogen) atoms. The third kappa shape index (κ3) is 5.44. The van der Waals surface area contributed by atoms with Gasteiger partial charge < -0.3 is 15.1 Å². The maximum absolute atomic E-state index is 13.5. The first-order chi connectivity index (χ1) is 10.8. The fourth-order valence-electron chi connectivity index (χ4n) is 1.79. The van der Waals surface area contributed by atoms with Crippen molar-refractivity contribution in [3.63, 3.8) is 0 Å². The average molecular weight is 321 g/mol. The third-order valence-corrected chi connectivity index (χ3v) is 3.86. The topological polar surface area (TPSA) is 49.6 Å². The third-order valence-electron chi connectivity index (χ3n) is 2.81. The quantitative estimate of drug-likeness (QED) is 0.356. The SMILES string of the molecule is CCNC(=NCc1ccco1)NCCSc1ccccc1F. The Morgan fingerprint density at radius 2 is 2.09 bits per heavy atom. The molecule has 4 nitrogen and oxygen atoms in total. The van der Waals surface area contributed by atoms with Crippen molar-refractivity contribution in [2.24, 2.45) is 4.99 Å². The molecule has 0 radical (unpaired) electrons. The number of rotatable bonds is 7. The van der Waals surface area contributed by atoms with Crippen LogP contribution in [-0.4, -0.2) is 24.8 Å². The van der Waals surface area contributed by atoms with Gasteiger partial charge in [-0.05, 0) is 31.2 Å². The van der Waals surface area contributed by atoms with E-state index in [9.17, 15) is 4.39 Å². The van der Waals surface area contributed by atoms with E-state index in [1.54, 1.807) is 18.4 Å². The van der Waals surface area contributed by atoms with Crippen molar-refractivity contribution in [3.8, 4) is 0 Å². The summed E-state index contributed by atoms with van der Waals surface area (Å²) in [4.78, 5) is 5.10. The van der Waals surface area contributed by atoms with Gasteiger partial charge in [0, 0.05) is 23.7 Å². The lowest BCUT2D eigenvalue weighted by Crippen LogP contribution is -2.38. The zero-order chi connectivity index (χ0) is 15.6. The molecule has 0 aliphatic carbocycles. The van der Waals surface area contributed by atoms with E-state index >= 15 is 0 Å². The van der Waals surface area contributed by atoms with Crippen LogP contribution in [0.3, 0.4) is 0 Å². The van der Waals surface area contributed by atoms with Crippen molar-refractivity contribution >= 4 is 17.7 Å². The lowest BCUT2D eigenvalue weighted by atomic mass is 10.3. The monoisotopic (exact) mass is 321 g/mol. The number of hydrogen-bond acceptors (Lipinski definition) is 3. The first-order valence-electron chi connectivity index (χ1n) is 7.21. The van der Waals surface area contributed by atoms with Crippen molar-refractivity contribution < 1.29 is 8.81 Å². The van der Waals surface area contributed by atoms with Gasteiger partial charge in [-0.3, -0.25) is 0 Å². The highest BCUT2D eigenvalue weighted by molar-refractivity contribution is 7.99. The molecule has 2 rings (SSSR count). The van der Waals surface area contributed by atoms with E-state index in [1.165, 1.54) is 17.8 Å². The Balaban J connectivity index is 1.77. The Morgan fingerprint density at radius 3 is 2.82 bits per heavy atom. The Kier molecular flexibility index (Phi) is 6.83. The van der Waals surface area contributed by atoms with Gasteiger partial charge in [0.25, 0.3) is 0 Å². The van der Waals surface area contributed by atoms with Crippen LogP contribution in [0.15, 0.2) is 57.0 Å². The van der Waals surface area contributed by atoms with Crippen LogP contribution < -0.4 is 10.6 Å². The van der Waals surface area contributed by atoms with E-state index in [-0.39, 0.29) is 5.82 Å². The van der Waals surface area contributed by atoms with Crippen molar-refractivity contribution in [1.82, 2.24) is 10.6 Å². The van der Waals surface area contributed by atoms with Gasteiger partial charge in [0.15, 0.2) is 5.96 Å². The molecule has 0 aliphatic heterocycles. The summed E-state index contributed by atoms with van der Waals surface area (Å²) in [5, 5.41) is 6.40. The molecule has 0 unspecified atom stereocenters. The molecule has 0 aliphatic rings. The summed E-state index contributed by atoms with van der Waals surface area (Å²) in [6.07, 6.45) is 1.64. The molecule has 6 heteroatoms. The number of aliphatic imine (C=N–C) groups is 1. The van der Waals surface area contributed by atoms with Crippen LogP contribution in [-0.2, 0) is 6.54 Å². The highest BCUT2D eigenvalue weighted by Crippen LogP contribution is 2.20. The summed E-state index contributed by atoms with van der Waals surface area (Å²) in [6, 6.07) is 10.5. The van der Waals surface area contributed by atoms with Crippen LogP contribution in [0.25, 0.3) is 0 Å². The van der Waals surface area contributed by atoms with Crippen molar-refractivity contribution in [2.45, 2.75) is 18.4 Å². The van der Waals surface area contributed by atoms with Gasteiger partial charge >= 0.3 is 0 Å². The van der Waals surface area contributed by atoms with Crippen molar-refractivity contribution in [3.05, 3.63) is 54.2 Å². The second-order valence-electron chi connectivity index (χ2n) is 4.48. The van der Waals surface area contributed by atoms with Gasteiger partial charge in [-0.1, -0.05) is 12.1 Å². The van der Waals surface area contributed by atoms with Gasteiger partial charge in [0.1, 0.15) is 18.1 Å². The smallest absolute Gasteiger partial charge is 0.191 e. The Hall–Kier alpha value is -1.95. The number of hydrogen-bond donors (Lipinski definition) is 2. The minimum atomic E-state index is -0.175. The Bertz CT molecular complexity index is 587. The number of nitrogens with one attached hydrogen (secondary N) is 2. The second-order valence-corrected chi connectivity index (χ2v) is 5.62. The van der Waals surface area contributed by atoms with Gasteiger partial charge in [0.05, 0.1) is 6.26 Å². The lowest BCUT2D eigenvalue weighted by molar-refractivity contribution is 0.512. The van der Waals surface area contributed by atoms with E-state index < -0.39 is 0 Å². The number of guanidine groups is 1. The average Bonchev–Trinajstić information content (AvgIpc) is 3.04. The second kappa shape index (κ2) is 9.15. The van der Waals surface area contributed by atoms with E-state index in [1.807, 2.05) is 25.1 Å². The van der Waals surface area contributed by atoms with E-state index in [2.05, 4.69) is 15.6 Å². The van der Waals surface area contributed by atoms with Crippen LogP contribution in [0.1, 0.15) is 12.7 Å². The van der Waals surface area contributed by atoms with Crippen LogP contribution in [0.2, 0.25) is 0 Å². The highest BCUT2D eigenvalue weighted by atomic mass is 32.2.